The normalized spacial score (nSPS) is 20.7. The van der Waals surface area contributed by atoms with Crippen molar-refractivity contribution < 1.29 is 19.4 Å². The molecule has 1 rings (SSSR count). The van der Waals surface area contributed by atoms with Gasteiger partial charge in [-0.2, -0.15) is 0 Å². The van der Waals surface area contributed by atoms with Crippen LogP contribution in [0.1, 0.15) is 26.2 Å². The van der Waals surface area contributed by atoms with E-state index in [-0.39, 0.29) is 12.3 Å². The van der Waals surface area contributed by atoms with Gasteiger partial charge in [-0.15, -0.1) is 0 Å². The van der Waals surface area contributed by atoms with Gasteiger partial charge in [0.05, 0.1) is 19.1 Å². The summed E-state index contributed by atoms with van der Waals surface area (Å²) in [6.07, 6.45) is 1.97. The van der Waals surface area contributed by atoms with Gasteiger partial charge in [0, 0.05) is 26.2 Å². The summed E-state index contributed by atoms with van der Waals surface area (Å²) >= 11 is 0. The molecule has 0 aliphatic carbocycles. The molecule has 1 amide bonds. The molecule has 1 aliphatic rings. The molecule has 2 N–H and O–H groups in total. The number of nitrogens with one attached hydrogen (secondary N) is 1. The van der Waals surface area contributed by atoms with E-state index in [0.717, 1.165) is 19.4 Å². The van der Waals surface area contributed by atoms with Crippen LogP contribution in [-0.4, -0.2) is 60.8 Å². The highest BCUT2D eigenvalue weighted by atomic mass is 16.5. The van der Waals surface area contributed by atoms with Crippen molar-refractivity contribution in [3.8, 4) is 0 Å². The molecule has 0 spiro atoms. The van der Waals surface area contributed by atoms with Crippen LogP contribution in [0.3, 0.4) is 0 Å². The number of hydrogen-bond donors (Lipinski definition) is 2. The van der Waals surface area contributed by atoms with Gasteiger partial charge in [-0.05, 0) is 6.42 Å². The second-order valence-corrected chi connectivity index (χ2v) is 4.41. The van der Waals surface area contributed by atoms with Crippen LogP contribution >= 0.6 is 0 Å². The molecule has 1 saturated heterocycles. The second kappa shape index (κ2) is 8.05. The molecule has 6 nitrogen and oxygen atoms in total. The van der Waals surface area contributed by atoms with Crippen LogP contribution in [-0.2, 0) is 14.3 Å². The van der Waals surface area contributed by atoms with Crippen molar-refractivity contribution in [1.82, 2.24) is 10.2 Å². The monoisotopic (exact) mass is 258 g/mol. The smallest absolute Gasteiger partial charge is 0.305 e. The summed E-state index contributed by atoms with van der Waals surface area (Å²) in [6, 6.07) is -0.564. The van der Waals surface area contributed by atoms with E-state index in [1.165, 1.54) is 0 Å². The maximum Gasteiger partial charge on any atom is 0.305 e. The topological polar surface area (TPSA) is 78.9 Å². The second-order valence-electron chi connectivity index (χ2n) is 4.41. The quantitative estimate of drug-likeness (QED) is 0.603. The van der Waals surface area contributed by atoms with E-state index in [1.807, 2.05) is 4.90 Å². The molecule has 0 bridgehead atoms. The molecule has 18 heavy (non-hydrogen) atoms. The molecule has 0 aromatic carbocycles. The molecule has 6 heteroatoms. The summed E-state index contributed by atoms with van der Waals surface area (Å²) in [5.74, 6) is -1.15. The average molecular weight is 258 g/mol. The molecule has 104 valence electrons. The molecule has 1 fully saturated rings. The van der Waals surface area contributed by atoms with E-state index in [9.17, 15) is 9.59 Å². The van der Waals surface area contributed by atoms with Crippen LogP contribution in [0.4, 0.5) is 0 Å². The third-order valence-corrected chi connectivity index (χ3v) is 2.97. The number of carboxylic acids is 1. The predicted octanol–water partition coefficient (Wildman–Crippen LogP) is 0.0782. The number of rotatable bonds is 8. The van der Waals surface area contributed by atoms with Gasteiger partial charge in [0.25, 0.3) is 0 Å². The van der Waals surface area contributed by atoms with Crippen LogP contribution < -0.4 is 5.32 Å². The van der Waals surface area contributed by atoms with E-state index >= 15 is 0 Å². The van der Waals surface area contributed by atoms with E-state index in [2.05, 4.69) is 12.2 Å². The largest absolute Gasteiger partial charge is 0.481 e. The molecule has 1 atom stereocenters. The van der Waals surface area contributed by atoms with Gasteiger partial charge in [-0.3, -0.25) is 14.5 Å². The van der Waals surface area contributed by atoms with Gasteiger partial charge in [0.15, 0.2) is 0 Å². The van der Waals surface area contributed by atoms with Crippen molar-refractivity contribution in [3.05, 3.63) is 0 Å². The maximum atomic E-state index is 11.6. The van der Waals surface area contributed by atoms with Crippen molar-refractivity contribution in [3.63, 3.8) is 0 Å². The molecular weight excluding hydrogens is 236 g/mol. The van der Waals surface area contributed by atoms with Crippen molar-refractivity contribution in [1.29, 1.82) is 0 Å². The Morgan fingerprint density at radius 1 is 1.56 bits per heavy atom. The lowest BCUT2D eigenvalue weighted by Gasteiger charge is -2.33. The minimum Gasteiger partial charge on any atom is -0.481 e. The summed E-state index contributed by atoms with van der Waals surface area (Å²) in [7, 11) is 0. The lowest BCUT2D eigenvalue weighted by molar-refractivity contribution is -0.143. The fourth-order valence-corrected chi connectivity index (χ4v) is 1.95. The predicted molar refractivity (Wildman–Crippen MR) is 66.4 cm³/mol. The van der Waals surface area contributed by atoms with Crippen molar-refractivity contribution in [2.24, 2.45) is 0 Å². The summed E-state index contributed by atoms with van der Waals surface area (Å²) in [5, 5.41) is 11.5. The zero-order valence-electron chi connectivity index (χ0n) is 10.9. The van der Waals surface area contributed by atoms with E-state index in [1.54, 1.807) is 0 Å². The van der Waals surface area contributed by atoms with Crippen LogP contribution in [0.15, 0.2) is 0 Å². The van der Waals surface area contributed by atoms with Crippen LogP contribution in [0, 0.1) is 0 Å². The summed E-state index contributed by atoms with van der Waals surface area (Å²) in [5.41, 5.74) is 0. The Bertz CT molecular complexity index is 283. The van der Waals surface area contributed by atoms with Gasteiger partial charge in [0.2, 0.25) is 5.91 Å². The zero-order valence-corrected chi connectivity index (χ0v) is 10.9. The number of nitrogens with zero attached hydrogens (tertiary/aromatic N) is 1. The Kier molecular flexibility index (Phi) is 6.67. The highest BCUT2D eigenvalue weighted by molar-refractivity contribution is 5.86. The molecule has 0 aromatic heterocycles. The van der Waals surface area contributed by atoms with Crippen molar-refractivity contribution in [2.75, 3.05) is 32.8 Å². The Balaban J connectivity index is 2.35. The van der Waals surface area contributed by atoms with E-state index in [4.69, 9.17) is 9.84 Å². The SMILES string of the molecule is CCCCOCCN1CCNC(=O)C1CC(=O)O. The first kappa shape index (κ1) is 14.9. The molecule has 0 aromatic rings. The summed E-state index contributed by atoms with van der Waals surface area (Å²) in [6.45, 7) is 5.23. The van der Waals surface area contributed by atoms with Crippen LogP contribution in [0.25, 0.3) is 0 Å². The number of carbonyl (C=O) groups is 2. The fourth-order valence-electron chi connectivity index (χ4n) is 1.95. The van der Waals surface area contributed by atoms with E-state index < -0.39 is 12.0 Å². The van der Waals surface area contributed by atoms with Gasteiger partial charge < -0.3 is 15.2 Å². The number of amides is 1. The molecule has 1 heterocycles. The number of aliphatic carboxylic acids is 1. The number of carboxylic acid groups (broad SMARTS) is 1. The molecule has 1 aliphatic heterocycles. The zero-order chi connectivity index (χ0) is 13.4. The van der Waals surface area contributed by atoms with E-state index in [0.29, 0.717) is 26.2 Å². The van der Waals surface area contributed by atoms with Crippen LogP contribution in [0.2, 0.25) is 0 Å². The van der Waals surface area contributed by atoms with Crippen LogP contribution in [0.5, 0.6) is 0 Å². The lowest BCUT2D eigenvalue weighted by atomic mass is 10.1. The van der Waals surface area contributed by atoms with Crippen molar-refractivity contribution in [2.45, 2.75) is 32.2 Å². The third-order valence-electron chi connectivity index (χ3n) is 2.97. The Labute approximate surface area is 107 Å². The Hall–Kier alpha value is -1.14. The summed E-state index contributed by atoms with van der Waals surface area (Å²) in [4.78, 5) is 24.2. The van der Waals surface area contributed by atoms with Gasteiger partial charge in [-0.25, -0.2) is 0 Å². The maximum absolute atomic E-state index is 11.6. The first-order valence-corrected chi connectivity index (χ1v) is 6.46. The first-order valence-electron chi connectivity index (χ1n) is 6.46. The van der Waals surface area contributed by atoms with Gasteiger partial charge >= 0.3 is 5.97 Å². The number of piperazine rings is 1. The van der Waals surface area contributed by atoms with Gasteiger partial charge in [-0.1, -0.05) is 13.3 Å². The number of unbranched alkanes of at least 4 members (excludes halogenated alkanes) is 1. The number of carbonyl (C=O) groups excluding carboxylic acids is 1. The minimum absolute atomic E-state index is 0.152. The Morgan fingerprint density at radius 3 is 3.00 bits per heavy atom. The standard InChI is InChI=1S/C12H22N2O4/c1-2-3-7-18-8-6-14-5-4-13-12(17)10(14)9-11(15)16/h10H,2-9H2,1H3,(H,13,17)(H,15,16). The fraction of sp³-hybridized carbons (Fsp3) is 0.833. The first-order chi connectivity index (χ1) is 8.65. The average Bonchev–Trinajstić information content (AvgIpc) is 2.32. The highest BCUT2D eigenvalue weighted by Crippen LogP contribution is 2.08. The molecule has 0 saturated carbocycles. The number of ether oxygens (including phenoxy) is 1. The molecule has 1 unspecified atom stereocenters. The minimum atomic E-state index is -0.950. The lowest BCUT2D eigenvalue weighted by Crippen LogP contribution is -2.56. The number of hydrogen-bond acceptors (Lipinski definition) is 4. The molecule has 0 radical (unpaired) electrons. The summed E-state index contributed by atoms with van der Waals surface area (Å²) < 4.78 is 5.44. The Morgan fingerprint density at radius 2 is 2.33 bits per heavy atom. The van der Waals surface area contributed by atoms with Gasteiger partial charge in [0.1, 0.15) is 0 Å². The highest BCUT2D eigenvalue weighted by Gasteiger charge is 2.31. The molecular formula is C12H22N2O4. The van der Waals surface area contributed by atoms with Crippen molar-refractivity contribution >= 4 is 11.9 Å². The third kappa shape index (κ3) is 5.01.